The largest absolute Gasteiger partial charge is 0.473 e. The van der Waals surface area contributed by atoms with E-state index in [1.807, 2.05) is 30.3 Å². The number of aromatic nitrogens is 1. The molecule has 8 heteroatoms. The molecule has 3 rings (SSSR count). The highest BCUT2D eigenvalue weighted by Gasteiger charge is 2.19. The lowest BCUT2D eigenvalue weighted by molar-refractivity contribution is -0.118. The van der Waals surface area contributed by atoms with Crippen molar-refractivity contribution in [3.05, 3.63) is 89.1 Å². The zero-order valence-corrected chi connectivity index (χ0v) is 17.0. The van der Waals surface area contributed by atoms with Gasteiger partial charge in [-0.3, -0.25) is 4.79 Å². The molecular weight excluding hydrogens is 412 g/mol. The molecule has 0 spiro atoms. The van der Waals surface area contributed by atoms with Gasteiger partial charge in [-0.1, -0.05) is 48.0 Å². The number of pyridine rings is 1. The molecule has 0 saturated carbocycles. The van der Waals surface area contributed by atoms with Gasteiger partial charge >= 0.3 is 0 Å². The van der Waals surface area contributed by atoms with E-state index in [2.05, 4.69) is 10.3 Å². The van der Waals surface area contributed by atoms with Gasteiger partial charge in [0.15, 0.2) is 9.84 Å². The first-order valence-electron chi connectivity index (χ1n) is 8.80. The summed E-state index contributed by atoms with van der Waals surface area (Å²) in [5.74, 6) is -0.884. The molecular formula is C21H19ClN2O4S. The number of nitrogens with zero attached hydrogens (tertiary/aromatic N) is 1. The summed E-state index contributed by atoms with van der Waals surface area (Å²) in [5, 5.41) is 3.03. The summed E-state index contributed by atoms with van der Waals surface area (Å²) in [7, 11) is -3.75. The van der Waals surface area contributed by atoms with Gasteiger partial charge in [-0.25, -0.2) is 13.4 Å². The van der Waals surface area contributed by atoms with Crippen LogP contribution < -0.4 is 10.1 Å². The zero-order valence-electron chi connectivity index (χ0n) is 15.4. The molecule has 29 heavy (non-hydrogen) atoms. The van der Waals surface area contributed by atoms with Crippen LogP contribution in [0.15, 0.2) is 77.8 Å². The van der Waals surface area contributed by atoms with Gasteiger partial charge in [0, 0.05) is 23.3 Å². The van der Waals surface area contributed by atoms with E-state index in [1.54, 1.807) is 18.3 Å². The van der Waals surface area contributed by atoms with E-state index in [0.29, 0.717) is 23.1 Å². The molecule has 6 nitrogen and oxygen atoms in total. The number of rotatable bonds is 8. The molecule has 0 bridgehead atoms. The molecule has 1 N–H and O–H groups in total. The predicted molar refractivity (Wildman–Crippen MR) is 110 cm³/mol. The number of hydrogen-bond acceptors (Lipinski definition) is 5. The minimum absolute atomic E-state index is 0.0466. The van der Waals surface area contributed by atoms with E-state index in [9.17, 15) is 13.2 Å². The number of benzene rings is 2. The second-order valence-electron chi connectivity index (χ2n) is 6.23. The molecule has 2 aromatic carbocycles. The molecule has 0 aliphatic rings. The maximum Gasteiger partial charge on any atom is 0.235 e. The minimum Gasteiger partial charge on any atom is -0.473 e. The van der Waals surface area contributed by atoms with E-state index in [0.717, 1.165) is 5.56 Å². The van der Waals surface area contributed by atoms with Gasteiger partial charge in [0.25, 0.3) is 0 Å². The lowest BCUT2D eigenvalue weighted by atomic mass is 10.2. The number of carbonyl (C=O) groups is 1. The van der Waals surface area contributed by atoms with Gasteiger partial charge in [-0.05, 0) is 35.9 Å². The maximum atomic E-state index is 12.4. The average Bonchev–Trinajstić information content (AvgIpc) is 2.72. The molecule has 0 aliphatic heterocycles. The Hall–Kier alpha value is -2.90. The number of halogens is 1. The van der Waals surface area contributed by atoms with E-state index < -0.39 is 21.5 Å². The van der Waals surface area contributed by atoms with E-state index in [1.165, 1.54) is 24.3 Å². The van der Waals surface area contributed by atoms with Crippen LogP contribution in [0.3, 0.4) is 0 Å². The SMILES string of the molecule is O=C(CS(=O)(=O)c1ccc(Cl)cc1)NCc1cccnc1OCc1ccccc1. The number of nitrogens with one attached hydrogen (secondary N) is 1. The minimum atomic E-state index is -3.75. The van der Waals surface area contributed by atoms with Crippen molar-refractivity contribution < 1.29 is 17.9 Å². The Morgan fingerprint density at radius 2 is 1.72 bits per heavy atom. The van der Waals surface area contributed by atoms with Crippen molar-refractivity contribution in [2.75, 3.05) is 5.75 Å². The molecule has 1 amide bonds. The topological polar surface area (TPSA) is 85.4 Å². The molecule has 1 heterocycles. The first-order chi connectivity index (χ1) is 13.9. The van der Waals surface area contributed by atoms with Crippen molar-refractivity contribution in [2.45, 2.75) is 18.0 Å². The van der Waals surface area contributed by atoms with Crippen molar-refractivity contribution in [2.24, 2.45) is 0 Å². The Morgan fingerprint density at radius 1 is 1.00 bits per heavy atom. The molecule has 0 atom stereocenters. The van der Waals surface area contributed by atoms with Crippen LogP contribution in [0.2, 0.25) is 5.02 Å². The molecule has 0 radical (unpaired) electrons. The van der Waals surface area contributed by atoms with Crippen LogP contribution in [0.1, 0.15) is 11.1 Å². The molecule has 0 fully saturated rings. The molecule has 3 aromatic rings. The Morgan fingerprint density at radius 3 is 2.45 bits per heavy atom. The van der Waals surface area contributed by atoms with Crippen LogP contribution in [0, 0.1) is 0 Å². The number of ether oxygens (including phenoxy) is 1. The quantitative estimate of drug-likeness (QED) is 0.592. The number of hydrogen-bond donors (Lipinski definition) is 1. The number of amides is 1. The van der Waals surface area contributed by atoms with E-state index in [4.69, 9.17) is 16.3 Å². The average molecular weight is 431 g/mol. The first kappa shape index (κ1) is 20.8. The van der Waals surface area contributed by atoms with Gasteiger partial charge in [0.05, 0.1) is 4.90 Å². The number of carbonyl (C=O) groups excluding carboxylic acids is 1. The monoisotopic (exact) mass is 430 g/mol. The van der Waals surface area contributed by atoms with Crippen LogP contribution in [0.25, 0.3) is 0 Å². The fourth-order valence-corrected chi connectivity index (χ4v) is 3.85. The van der Waals surface area contributed by atoms with E-state index in [-0.39, 0.29) is 11.4 Å². The van der Waals surface area contributed by atoms with Crippen LogP contribution in [-0.2, 0) is 27.8 Å². The second-order valence-corrected chi connectivity index (χ2v) is 8.66. The van der Waals surface area contributed by atoms with Crippen LogP contribution in [-0.4, -0.2) is 25.1 Å². The van der Waals surface area contributed by atoms with Gasteiger partial charge in [0.1, 0.15) is 12.4 Å². The highest BCUT2D eigenvalue weighted by Crippen LogP contribution is 2.17. The van der Waals surface area contributed by atoms with Crippen LogP contribution in [0.5, 0.6) is 5.88 Å². The standard InChI is InChI=1S/C21H19ClN2O4S/c22-18-8-10-19(11-9-18)29(26,27)15-20(25)24-13-17-7-4-12-23-21(17)28-14-16-5-2-1-3-6-16/h1-12H,13-15H2,(H,24,25). The van der Waals surface area contributed by atoms with Crippen molar-refractivity contribution in [1.29, 1.82) is 0 Å². The summed E-state index contributed by atoms with van der Waals surface area (Å²) >= 11 is 5.77. The van der Waals surface area contributed by atoms with Gasteiger partial charge < -0.3 is 10.1 Å². The molecule has 1 aromatic heterocycles. The maximum absolute atomic E-state index is 12.4. The highest BCUT2D eigenvalue weighted by atomic mass is 35.5. The van der Waals surface area contributed by atoms with E-state index >= 15 is 0 Å². The lowest BCUT2D eigenvalue weighted by Crippen LogP contribution is -2.30. The summed E-state index contributed by atoms with van der Waals surface area (Å²) in [4.78, 5) is 16.4. The Bertz CT molecular complexity index is 1070. The summed E-state index contributed by atoms with van der Waals surface area (Å²) in [6.07, 6.45) is 1.59. The summed E-state index contributed by atoms with van der Waals surface area (Å²) in [6.45, 7) is 0.441. The smallest absolute Gasteiger partial charge is 0.235 e. The van der Waals surface area contributed by atoms with Crippen molar-refractivity contribution in [3.63, 3.8) is 0 Å². The van der Waals surface area contributed by atoms with Crippen molar-refractivity contribution in [3.8, 4) is 5.88 Å². The molecule has 150 valence electrons. The Labute approximate surface area is 174 Å². The molecule has 0 unspecified atom stereocenters. The van der Waals surface area contributed by atoms with Crippen molar-refractivity contribution >= 4 is 27.3 Å². The third-order valence-electron chi connectivity index (χ3n) is 4.04. The fraction of sp³-hybridized carbons (Fsp3) is 0.143. The third-order valence-corrected chi connectivity index (χ3v) is 5.92. The van der Waals surface area contributed by atoms with Gasteiger partial charge in [-0.2, -0.15) is 0 Å². The first-order valence-corrected chi connectivity index (χ1v) is 10.8. The lowest BCUT2D eigenvalue weighted by Gasteiger charge is -2.11. The third kappa shape index (κ3) is 6.04. The molecule has 0 aliphatic carbocycles. The second kappa shape index (κ2) is 9.54. The normalized spacial score (nSPS) is 11.1. The van der Waals surface area contributed by atoms with Crippen LogP contribution >= 0.6 is 11.6 Å². The number of sulfone groups is 1. The van der Waals surface area contributed by atoms with Crippen LogP contribution in [0.4, 0.5) is 0 Å². The predicted octanol–water partition coefficient (Wildman–Crippen LogP) is 3.40. The Balaban J connectivity index is 1.59. The summed E-state index contributed by atoms with van der Waals surface area (Å²) in [6, 6.07) is 18.8. The van der Waals surface area contributed by atoms with Crippen molar-refractivity contribution in [1.82, 2.24) is 10.3 Å². The fourth-order valence-electron chi connectivity index (χ4n) is 2.56. The summed E-state index contributed by atoms with van der Waals surface area (Å²) in [5.41, 5.74) is 1.64. The molecule has 0 saturated heterocycles. The summed E-state index contributed by atoms with van der Waals surface area (Å²) < 4.78 is 30.4. The van der Waals surface area contributed by atoms with Gasteiger partial charge in [0.2, 0.25) is 11.8 Å². The Kier molecular flexibility index (Phi) is 6.85. The highest BCUT2D eigenvalue weighted by molar-refractivity contribution is 7.92. The van der Waals surface area contributed by atoms with Gasteiger partial charge in [-0.15, -0.1) is 0 Å². The zero-order chi connectivity index (χ0) is 20.7.